The Hall–Kier alpha value is -3.02. The number of rotatable bonds is 5. The Morgan fingerprint density at radius 1 is 1.08 bits per heavy atom. The third-order valence-corrected chi connectivity index (χ3v) is 4.16. The fourth-order valence-electron chi connectivity index (χ4n) is 2.76. The summed E-state index contributed by atoms with van der Waals surface area (Å²) < 4.78 is 26.9. The van der Waals surface area contributed by atoms with Crippen LogP contribution in [0.1, 0.15) is 23.5 Å². The molecule has 0 saturated carbocycles. The number of carbonyl (C=O) groups excluding carboxylic acids is 1. The van der Waals surface area contributed by atoms with Crippen LogP contribution < -0.4 is 5.32 Å². The Morgan fingerprint density at radius 3 is 2.40 bits per heavy atom. The molecule has 1 amide bonds. The van der Waals surface area contributed by atoms with Crippen LogP contribution in [0.4, 0.5) is 8.78 Å². The number of benzene rings is 2. The van der Waals surface area contributed by atoms with Gasteiger partial charge in [-0.05, 0) is 28.8 Å². The maximum absolute atomic E-state index is 13.6. The van der Waals surface area contributed by atoms with Gasteiger partial charge < -0.3 is 5.32 Å². The van der Waals surface area contributed by atoms with Gasteiger partial charge in [0.15, 0.2) is 11.6 Å². The van der Waals surface area contributed by atoms with Crippen molar-refractivity contribution >= 4 is 5.91 Å². The number of amides is 1. The van der Waals surface area contributed by atoms with E-state index in [0.29, 0.717) is 5.56 Å². The monoisotopic (exact) mass is 341 g/mol. The van der Waals surface area contributed by atoms with Gasteiger partial charge >= 0.3 is 0 Å². The lowest BCUT2D eigenvalue weighted by Crippen LogP contribution is -2.21. The van der Waals surface area contributed by atoms with Crippen molar-refractivity contribution < 1.29 is 13.6 Å². The summed E-state index contributed by atoms with van der Waals surface area (Å²) in [4.78, 5) is 11.9. The van der Waals surface area contributed by atoms with E-state index in [-0.39, 0.29) is 18.2 Å². The molecule has 25 heavy (non-hydrogen) atoms. The zero-order chi connectivity index (χ0) is 17.8. The molecular weight excluding hydrogens is 324 g/mol. The molecule has 4 nitrogen and oxygen atoms in total. The molecule has 0 aliphatic carbocycles. The van der Waals surface area contributed by atoms with Gasteiger partial charge in [0.25, 0.3) is 0 Å². The van der Waals surface area contributed by atoms with E-state index in [9.17, 15) is 13.6 Å². The second-order valence-corrected chi connectivity index (χ2v) is 5.71. The van der Waals surface area contributed by atoms with E-state index in [4.69, 9.17) is 0 Å². The van der Waals surface area contributed by atoms with Crippen LogP contribution in [0.15, 0.2) is 54.9 Å². The molecule has 2 N–H and O–H groups in total. The predicted octanol–water partition coefficient (Wildman–Crippen LogP) is 3.62. The molecule has 3 rings (SSSR count). The Balaban J connectivity index is 1.96. The number of nitrogens with zero attached hydrogens (tertiary/aromatic N) is 1. The Labute approximate surface area is 143 Å². The number of aromatic amines is 1. The van der Waals surface area contributed by atoms with Crippen molar-refractivity contribution in [1.29, 1.82) is 0 Å². The topological polar surface area (TPSA) is 57.8 Å². The molecule has 0 aliphatic heterocycles. The van der Waals surface area contributed by atoms with Crippen molar-refractivity contribution in [3.05, 3.63) is 77.6 Å². The third kappa shape index (κ3) is 3.74. The molecule has 2 aromatic carbocycles. The molecule has 0 spiro atoms. The standard InChI is InChI=1S/C19H17F2N3O/c1-22-19(25)9-16(14-6-7-17(20)18(21)8-14)13-4-2-12(3-5-13)15-10-23-24-11-15/h2-8,10-11,16H,9H2,1H3,(H,22,25)(H,23,24). The van der Waals surface area contributed by atoms with Gasteiger partial charge in [-0.1, -0.05) is 30.3 Å². The molecule has 1 heterocycles. The average molecular weight is 341 g/mol. The Morgan fingerprint density at radius 2 is 1.80 bits per heavy atom. The van der Waals surface area contributed by atoms with Gasteiger partial charge in [0.2, 0.25) is 5.91 Å². The predicted molar refractivity (Wildman–Crippen MR) is 90.9 cm³/mol. The molecule has 0 bridgehead atoms. The fourth-order valence-corrected chi connectivity index (χ4v) is 2.76. The van der Waals surface area contributed by atoms with E-state index >= 15 is 0 Å². The summed E-state index contributed by atoms with van der Waals surface area (Å²) in [5.41, 5.74) is 3.32. The highest BCUT2D eigenvalue weighted by molar-refractivity contribution is 5.77. The van der Waals surface area contributed by atoms with Crippen LogP contribution in [0.25, 0.3) is 11.1 Å². The first-order chi connectivity index (χ1) is 12.1. The van der Waals surface area contributed by atoms with E-state index in [0.717, 1.165) is 28.8 Å². The van der Waals surface area contributed by atoms with E-state index in [1.165, 1.54) is 6.07 Å². The number of carbonyl (C=O) groups is 1. The molecule has 6 heteroatoms. The molecule has 1 aromatic heterocycles. The van der Waals surface area contributed by atoms with Crippen molar-refractivity contribution in [1.82, 2.24) is 15.5 Å². The molecule has 1 atom stereocenters. The maximum atomic E-state index is 13.6. The molecule has 0 aliphatic rings. The first-order valence-corrected chi connectivity index (χ1v) is 7.83. The summed E-state index contributed by atoms with van der Waals surface area (Å²) in [6.45, 7) is 0. The maximum Gasteiger partial charge on any atom is 0.220 e. The first-order valence-electron chi connectivity index (χ1n) is 7.83. The molecule has 3 aromatic rings. The summed E-state index contributed by atoms with van der Waals surface area (Å²) >= 11 is 0. The van der Waals surface area contributed by atoms with Gasteiger partial charge in [-0.15, -0.1) is 0 Å². The Bertz CT molecular complexity index is 861. The molecule has 128 valence electrons. The number of nitrogens with one attached hydrogen (secondary N) is 2. The summed E-state index contributed by atoms with van der Waals surface area (Å²) in [6, 6.07) is 11.3. The average Bonchev–Trinajstić information content (AvgIpc) is 3.17. The minimum atomic E-state index is -0.922. The third-order valence-electron chi connectivity index (χ3n) is 4.16. The van der Waals surface area contributed by atoms with E-state index in [1.54, 1.807) is 19.4 Å². The molecule has 0 radical (unpaired) electrons. The normalized spacial score (nSPS) is 12.0. The van der Waals surface area contributed by atoms with Crippen molar-refractivity contribution in [2.45, 2.75) is 12.3 Å². The zero-order valence-corrected chi connectivity index (χ0v) is 13.6. The number of aromatic nitrogens is 2. The van der Waals surface area contributed by atoms with Gasteiger partial charge in [0.05, 0.1) is 6.20 Å². The SMILES string of the molecule is CNC(=O)CC(c1ccc(-c2cn[nH]c2)cc1)c1ccc(F)c(F)c1. The molecule has 0 saturated heterocycles. The van der Waals surface area contributed by atoms with Crippen molar-refractivity contribution in [2.75, 3.05) is 7.05 Å². The van der Waals surface area contributed by atoms with Gasteiger partial charge in [0.1, 0.15) is 0 Å². The summed E-state index contributed by atoms with van der Waals surface area (Å²) in [6.07, 6.45) is 3.64. The van der Waals surface area contributed by atoms with E-state index in [2.05, 4.69) is 15.5 Å². The van der Waals surface area contributed by atoms with Crippen LogP contribution in [0.3, 0.4) is 0 Å². The second-order valence-electron chi connectivity index (χ2n) is 5.71. The molecular formula is C19H17F2N3O. The summed E-state index contributed by atoms with van der Waals surface area (Å²) in [5, 5.41) is 9.25. The van der Waals surface area contributed by atoms with Crippen LogP contribution in [0, 0.1) is 11.6 Å². The molecule has 1 unspecified atom stereocenters. The van der Waals surface area contributed by atoms with Gasteiger partial charge in [-0.25, -0.2) is 8.78 Å². The highest BCUT2D eigenvalue weighted by Gasteiger charge is 2.19. The van der Waals surface area contributed by atoms with Crippen LogP contribution in [-0.4, -0.2) is 23.2 Å². The first kappa shape index (κ1) is 16.8. The van der Waals surface area contributed by atoms with Crippen molar-refractivity contribution in [3.63, 3.8) is 0 Å². The van der Waals surface area contributed by atoms with E-state index < -0.39 is 11.6 Å². The zero-order valence-electron chi connectivity index (χ0n) is 13.6. The lowest BCUT2D eigenvalue weighted by atomic mass is 9.87. The van der Waals surface area contributed by atoms with Gasteiger partial charge in [0, 0.05) is 31.1 Å². The van der Waals surface area contributed by atoms with Crippen LogP contribution in [-0.2, 0) is 4.79 Å². The number of hydrogen-bond donors (Lipinski definition) is 2. The van der Waals surface area contributed by atoms with Crippen molar-refractivity contribution in [2.24, 2.45) is 0 Å². The van der Waals surface area contributed by atoms with Crippen LogP contribution in [0.5, 0.6) is 0 Å². The van der Waals surface area contributed by atoms with Crippen molar-refractivity contribution in [3.8, 4) is 11.1 Å². The van der Waals surface area contributed by atoms with Crippen LogP contribution in [0.2, 0.25) is 0 Å². The lowest BCUT2D eigenvalue weighted by Gasteiger charge is -2.18. The Kier molecular flexibility index (Phi) is 4.88. The second kappa shape index (κ2) is 7.25. The number of halogens is 2. The number of hydrogen-bond acceptors (Lipinski definition) is 2. The lowest BCUT2D eigenvalue weighted by molar-refractivity contribution is -0.120. The summed E-state index contributed by atoms with van der Waals surface area (Å²) in [7, 11) is 1.55. The largest absolute Gasteiger partial charge is 0.359 e. The fraction of sp³-hybridized carbons (Fsp3) is 0.158. The summed E-state index contributed by atoms with van der Waals surface area (Å²) in [5.74, 6) is -2.37. The highest BCUT2D eigenvalue weighted by atomic mass is 19.2. The quantitative estimate of drug-likeness (QED) is 0.745. The molecule has 0 fully saturated rings. The van der Waals surface area contributed by atoms with Crippen LogP contribution >= 0.6 is 0 Å². The number of H-pyrrole nitrogens is 1. The highest BCUT2D eigenvalue weighted by Crippen LogP contribution is 2.30. The van der Waals surface area contributed by atoms with E-state index in [1.807, 2.05) is 24.3 Å². The smallest absolute Gasteiger partial charge is 0.220 e. The minimum absolute atomic E-state index is 0.145. The van der Waals surface area contributed by atoms with Gasteiger partial charge in [-0.3, -0.25) is 9.89 Å². The van der Waals surface area contributed by atoms with Gasteiger partial charge in [-0.2, -0.15) is 5.10 Å². The minimum Gasteiger partial charge on any atom is -0.359 e.